The molecule has 2 N–H and O–H groups in total. The number of benzene rings is 1. The maximum Gasteiger partial charge on any atom is 0.573 e. The molecule has 9 heteroatoms. The zero-order valence-electron chi connectivity index (χ0n) is 9.85. The summed E-state index contributed by atoms with van der Waals surface area (Å²) < 4.78 is 45.2. The number of aliphatic imine (C=N–C) groups is 1. The number of hydrogen-bond acceptors (Lipinski definition) is 5. The molecule has 108 valence electrons. The summed E-state index contributed by atoms with van der Waals surface area (Å²) in [5.41, 5.74) is 1.66. The van der Waals surface area contributed by atoms with E-state index in [9.17, 15) is 18.0 Å². The Balaban J connectivity index is 2.18. The van der Waals surface area contributed by atoms with Gasteiger partial charge in [-0.2, -0.15) is 0 Å². The summed E-state index contributed by atoms with van der Waals surface area (Å²) in [6.07, 6.45) is -4.80. The van der Waals surface area contributed by atoms with Crippen molar-refractivity contribution in [1.29, 1.82) is 0 Å². The summed E-state index contributed by atoms with van der Waals surface area (Å²) in [7, 11) is 0. The number of amides is 1. The minimum Gasteiger partial charge on any atom is -0.475 e. The largest absolute Gasteiger partial charge is 0.573 e. The van der Waals surface area contributed by atoms with E-state index in [-0.39, 0.29) is 18.1 Å². The van der Waals surface area contributed by atoms with E-state index >= 15 is 0 Å². The van der Waals surface area contributed by atoms with Crippen LogP contribution in [0.4, 0.5) is 13.2 Å². The van der Waals surface area contributed by atoms with Gasteiger partial charge in [0.1, 0.15) is 12.4 Å². The van der Waals surface area contributed by atoms with E-state index in [1.165, 1.54) is 17.6 Å². The quantitative estimate of drug-likeness (QED) is 0.648. The van der Waals surface area contributed by atoms with Gasteiger partial charge < -0.3 is 9.47 Å². The third kappa shape index (κ3) is 3.38. The second-order valence-corrected chi connectivity index (χ2v) is 3.81. The lowest BCUT2D eigenvalue weighted by molar-refractivity contribution is -0.274. The number of carbonyl (C=O) groups excluding carboxylic acids is 1. The van der Waals surface area contributed by atoms with Crippen LogP contribution in [-0.2, 0) is 9.53 Å². The predicted octanol–water partition coefficient (Wildman–Crippen LogP) is 1.24. The molecule has 1 heterocycles. The van der Waals surface area contributed by atoms with E-state index in [2.05, 4.69) is 9.73 Å². The number of carbonyl (C=O) groups is 1. The number of alkyl halides is 3. The SMILES string of the molecule is O=C(NO)[C@H]1COC(c2cccc(OC(F)(F)F)c2)=N1. The van der Waals surface area contributed by atoms with Crippen LogP contribution in [0.2, 0.25) is 0 Å². The van der Waals surface area contributed by atoms with Crippen molar-refractivity contribution in [3.63, 3.8) is 0 Å². The van der Waals surface area contributed by atoms with Crippen LogP contribution in [-0.4, -0.2) is 36.0 Å². The predicted molar refractivity (Wildman–Crippen MR) is 59.3 cm³/mol. The minimum absolute atomic E-state index is 0.00576. The first kappa shape index (κ1) is 14.1. The van der Waals surface area contributed by atoms with Gasteiger partial charge in [0.25, 0.3) is 5.91 Å². The molecule has 0 aromatic heterocycles. The fourth-order valence-corrected chi connectivity index (χ4v) is 1.57. The summed E-state index contributed by atoms with van der Waals surface area (Å²) in [4.78, 5) is 15.0. The van der Waals surface area contributed by atoms with Gasteiger partial charge >= 0.3 is 6.36 Å². The van der Waals surface area contributed by atoms with Crippen molar-refractivity contribution in [3.05, 3.63) is 29.8 Å². The number of nitrogens with one attached hydrogen (secondary N) is 1. The van der Waals surface area contributed by atoms with E-state index in [4.69, 9.17) is 9.94 Å². The smallest absolute Gasteiger partial charge is 0.475 e. The normalized spacial score (nSPS) is 18.2. The Labute approximate surface area is 110 Å². The lowest BCUT2D eigenvalue weighted by Gasteiger charge is -2.09. The molecule has 0 saturated heterocycles. The molecule has 1 aromatic rings. The average molecular weight is 290 g/mol. The van der Waals surface area contributed by atoms with Crippen LogP contribution >= 0.6 is 0 Å². The molecule has 1 atom stereocenters. The lowest BCUT2D eigenvalue weighted by atomic mass is 10.2. The van der Waals surface area contributed by atoms with Crippen molar-refractivity contribution in [2.45, 2.75) is 12.4 Å². The number of ether oxygens (including phenoxy) is 2. The molecule has 0 saturated carbocycles. The second kappa shape index (κ2) is 5.37. The number of nitrogens with zero attached hydrogens (tertiary/aromatic N) is 1. The van der Waals surface area contributed by atoms with Crippen LogP contribution in [0, 0.1) is 0 Å². The van der Waals surface area contributed by atoms with E-state index in [0.717, 1.165) is 12.1 Å². The molecule has 0 radical (unpaired) electrons. The molecule has 1 aromatic carbocycles. The molecule has 0 aliphatic carbocycles. The van der Waals surface area contributed by atoms with Crippen LogP contribution < -0.4 is 10.2 Å². The van der Waals surface area contributed by atoms with E-state index in [0.29, 0.717) is 0 Å². The van der Waals surface area contributed by atoms with Gasteiger partial charge in [-0.3, -0.25) is 10.0 Å². The highest BCUT2D eigenvalue weighted by molar-refractivity contribution is 5.98. The number of hydrogen-bond donors (Lipinski definition) is 2. The monoisotopic (exact) mass is 290 g/mol. The van der Waals surface area contributed by atoms with Gasteiger partial charge in [-0.1, -0.05) is 6.07 Å². The first-order valence-corrected chi connectivity index (χ1v) is 5.40. The van der Waals surface area contributed by atoms with Crippen molar-refractivity contribution < 1.29 is 32.6 Å². The summed E-state index contributed by atoms with van der Waals surface area (Å²) in [6.45, 7) is -0.105. The molecule has 1 amide bonds. The minimum atomic E-state index is -4.80. The number of halogens is 3. The molecule has 20 heavy (non-hydrogen) atoms. The first-order valence-electron chi connectivity index (χ1n) is 5.40. The van der Waals surface area contributed by atoms with Gasteiger partial charge in [-0.15, -0.1) is 13.2 Å². The molecule has 0 fully saturated rings. The van der Waals surface area contributed by atoms with E-state index < -0.39 is 24.1 Å². The fourth-order valence-electron chi connectivity index (χ4n) is 1.57. The Morgan fingerprint density at radius 2 is 2.25 bits per heavy atom. The number of rotatable bonds is 3. The second-order valence-electron chi connectivity index (χ2n) is 3.81. The molecule has 0 spiro atoms. The van der Waals surface area contributed by atoms with Gasteiger partial charge in [0, 0.05) is 5.56 Å². The summed E-state index contributed by atoms with van der Waals surface area (Å²) in [6, 6.07) is 4.07. The Morgan fingerprint density at radius 3 is 2.90 bits per heavy atom. The molecule has 6 nitrogen and oxygen atoms in total. The van der Waals surface area contributed by atoms with Crippen molar-refractivity contribution in [1.82, 2.24) is 5.48 Å². The Morgan fingerprint density at radius 1 is 1.50 bits per heavy atom. The molecular formula is C11H9F3N2O4. The average Bonchev–Trinajstić information content (AvgIpc) is 2.85. The topological polar surface area (TPSA) is 80.2 Å². The van der Waals surface area contributed by atoms with Gasteiger partial charge in [-0.25, -0.2) is 10.5 Å². The van der Waals surface area contributed by atoms with Crippen LogP contribution in [0.1, 0.15) is 5.56 Å². The zero-order chi connectivity index (χ0) is 14.8. The Kier molecular flexibility index (Phi) is 3.79. The third-order valence-corrected chi connectivity index (χ3v) is 2.38. The molecule has 1 aliphatic rings. The van der Waals surface area contributed by atoms with Gasteiger partial charge in [0.05, 0.1) is 0 Å². The third-order valence-electron chi connectivity index (χ3n) is 2.38. The zero-order valence-corrected chi connectivity index (χ0v) is 9.85. The highest BCUT2D eigenvalue weighted by atomic mass is 19.4. The summed E-state index contributed by atoms with van der Waals surface area (Å²) >= 11 is 0. The molecular weight excluding hydrogens is 281 g/mol. The van der Waals surface area contributed by atoms with Crippen molar-refractivity contribution in [2.75, 3.05) is 6.61 Å². The van der Waals surface area contributed by atoms with Crippen LogP contribution in [0.5, 0.6) is 5.75 Å². The maximum atomic E-state index is 12.1. The summed E-state index contributed by atoms with van der Waals surface area (Å²) in [5, 5.41) is 8.45. The first-order chi connectivity index (χ1) is 9.39. The highest BCUT2D eigenvalue weighted by Gasteiger charge is 2.31. The summed E-state index contributed by atoms with van der Waals surface area (Å²) in [5.74, 6) is -1.18. The van der Waals surface area contributed by atoms with E-state index in [1.54, 1.807) is 0 Å². The number of hydroxylamine groups is 1. The Hall–Kier alpha value is -2.29. The fraction of sp³-hybridized carbons (Fsp3) is 0.273. The van der Waals surface area contributed by atoms with Crippen LogP contribution in [0.25, 0.3) is 0 Å². The standard InChI is InChI=1S/C11H9F3N2O4/c12-11(13,14)20-7-3-1-2-6(4-7)10-15-8(5-19-10)9(17)16-18/h1-4,8,18H,5H2,(H,16,17)/t8-/m1/s1. The van der Waals surface area contributed by atoms with Gasteiger partial charge in [0.15, 0.2) is 6.04 Å². The maximum absolute atomic E-state index is 12.1. The van der Waals surface area contributed by atoms with Gasteiger partial charge in [0.2, 0.25) is 5.90 Å². The molecule has 1 aliphatic heterocycles. The highest BCUT2D eigenvalue weighted by Crippen LogP contribution is 2.24. The molecule has 2 rings (SSSR count). The lowest BCUT2D eigenvalue weighted by Crippen LogP contribution is -2.31. The van der Waals surface area contributed by atoms with Gasteiger partial charge in [-0.05, 0) is 18.2 Å². The van der Waals surface area contributed by atoms with Crippen LogP contribution in [0.15, 0.2) is 29.3 Å². The van der Waals surface area contributed by atoms with E-state index in [1.807, 2.05) is 0 Å². The molecule has 0 bridgehead atoms. The van der Waals surface area contributed by atoms with Crippen molar-refractivity contribution in [2.24, 2.45) is 4.99 Å². The van der Waals surface area contributed by atoms with Crippen molar-refractivity contribution >= 4 is 11.8 Å². The van der Waals surface area contributed by atoms with Crippen LogP contribution in [0.3, 0.4) is 0 Å². The molecule has 0 unspecified atom stereocenters. The van der Waals surface area contributed by atoms with Crippen molar-refractivity contribution in [3.8, 4) is 5.75 Å². The Bertz CT molecular complexity index is 545.